The molecule has 1 heterocycles. The van der Waals surface area contributed by atoms with Gasteiger partial charge in [-0.1, -0.05) is 18.7 Å². The highest BCUT2D eigenvalue weighted by atomic mass is 32.2. The Balaban J connectivity index is 2.06. The number of hydrogen-bond donors (Lipinski definition) is 2. The summed E-state index contributed by atoms with van der Waals surface area (Å²) in [5.41, 5.74) is 0. The number of rotatable bonds is 6. The molecule has 0 bridgehead atoms. The summed E-state index contributed by atoms with van der Waals surface area (Å²) >= 11 is 1.58. The van der Waals surface area contributed by atoms with Crippen LogP contribution in [0.5, 0.6) is 0 Å². The fraction of sp³-hybridized carbons (Fsp3) is 0.667. The molecule has 1 aromatic rings. The van der Waals surface area contributed by atoms with Gasteiger partial charge in [0.25, 0.3) is 0 Å². The lowest BCUT2D eigenvalue weighted by Gasteiger charge is -2.27. The lowest BCUT2D eigenvalue weighted by atomic mass is 9.93. The summed E-state index contributed by atoms with van der Waals surface area (Å²) in [4.78, 5) is 8.92. The molecule has 0 aromatic carbocycles. The molecule has 1 fully saturated rings. The SMILES string of the molecule is CCCNc1cc(NC2CCC2)nc(SC)n1. The van der Waals surface area contributed by atoms with Crippen LogP contribution in [0.1, 0.15) is 32.6 Å². The highest BCUT2D eigenvalue weighted by Crippen LogP contribution is 2.24. The van der Waals surface area contributed by atoms with Gasteiger partial charge in [0.1, 0.15) is 11.6 Å². The third kappa shape index (κ3) is 3.49. The number of aromatic nitrogens is 2. The number of nitrogens with zero attached hydrogens (tertiary/aromatic N) is 2. The summed E-state index contributed by atoms with van der Waals surface area (Å²) in [6.45, 7) is 3.10. The fourth-order valence-corrected chi connectivity index (χ4v) is 2.07. The largest absolute Gasteiger partial charge is 0.370 e. The molecular weight excluding hydrogens is 232 g/mol. The fourth-order valence-electron chi connectivity index (χ4n) is 1.70. The topological polar surface area (TPSA) is 49.8 Å². The Labute approximate surface area is 107 Å². The van der Waals surface area contributed by atoms with Crippen LogP contribution in [0.2, 0.25) is 0 Å². The van der Waals surface area contributed by atoms with E-state index in [0.29, 0.717) is 6.04 Å². The zero-order chi connectivity index (χ0) is 12.1. The lowest BCUT2D eigenvalue weighted by molar-refractivity contribution is 0.444. The summed E-state index contributed by atoms with van der Waals surface area (Å²) in [6.07, 6.45) is 6.96. The van der Waals surface area contributed by atoms with Crippen LogP contribution in [-0.4, -0.2) is 28.8 Å². The average molecular weight is 252 g/mol. The van der Waals surface area contributed by atoms with E-state index in [4.69, 9.17) is 0 Å². The Morgan fingerprint density at radius 3 is 2.71 bits per heavy atom. The molecule has 0 spiro atoms. The van der Waals surface area contributed by atoms with Gasteiger partial charge in [0.2, 0.25) is 0 Å². The lowest BCUT2D eigenvalue weighted by Crippen LogP contribution is -2.27. The summed E-state index contributed by atoms with van der Waals surface area (Å²) in [7, 11) is 0. The van der Waals surface area contributed by atoms with Gasteiger partial charge in [-0.3, -0.25) is 0 Å². The maximum Gasteiger partial charge on any atom is 0.191 e. The number of hydrogen-bond acceptors (Lipinski definition) is 5. The van der Waals surface area contributed by atoms with Crippen molar-refractivity contribution in [2.45, 2.75) is 43.8 Å². The molecule has 0 saturated heterocycles. The van der Waals surface area contributed by atoms with Crippen LogP contribution in [0.15, 0.2) is 11.2 Å². The van der Waals surface area contributed by atoms with Crippen LogP contribution in [-0.2, 0) is 0 Å². The van der Waals surface area contributed by atoms with E-state index in [1.165, 1.54) is 19.3 Å². The van der Waals surface area contributed by atoms with Crippen LogP contribution < -0.4 is 10.6 Å². The van der Waals surface area contributed by atoms with Gasteiger partial charge in [-0.15, -0.1) is 0 Å². The van der Waals surface area contributed by atoms with Crippen molar-refractivity contribution in [2.75, 3.05) is 23.4 Å². The molecule has 2 N–H and O–H groups in total. The number of anilines is 2. The minimum Gasteiger partial charge on any atom is -0.370 e. The third-order valence-electron chi connectivity index (χ3n) is 2.90. The van der Waals surface area contributed by atoms with E-state index in [1.54, 1.807) is 11.8 Å². The molecule has 1 aliphatic carbocycles. The van der Waals surface area contributed by atoms with Gasteiger partial charge in [0.05, 0.1) is 0 Å². The Morgan fingerprint density at radius 1 is 1.35 bits per heavy atom. The van der Waals surface area contributed by atoms with E-state index in [1.807, 2.05) is 12.3 Å². The molecule has 0 amide bonds. The zero-order valence-corrected chi connectivity index (χ0v) is 11.3. The Hall–Kier alpha value is -0.970. The van der Waals surface area contributed by atoms with Gasteiger partial charge >= 0.3 is 0 Å². The molecule has 2 rings (SSSR count). The van der Waals surface area contributed by atoms with Gasteiger partial charge in [-0.25, -0.2) is 9.97 Å². The van der Waals surface area contributed by atoms with Gasteiger partial charge in [0.15, 0.2) is 5.16 Å². The molecule has 1 saturated carbocycles. The second-order valence-corrected chi connectivity index (χ2v) is 5.10. The summed E-state index contributed by atoms with van der Waals surface area (Å²) in [6, 6.07) is 2.62. The first-order chi connectivity index (χ1) is 8.31. The van der Waals surface area contributed by atoms with Gasteiger partial charge in [-0.05, 0) is 31.9 Å². The molecule has 0 atom stereocenters. The maximum absolute atomic E-state index is 4.48. The zero-order valence-electron chi connectivity index (χ0n) is 10.5. The molecule has 1 aliphatic rings. The second-order valence-electron chi connectivity index (χ2n) is 4.32. The van der Waals surface area contributed by atoms with E-state index in [2.05, 4.69) is 27.5 Å². The standard InChI is InChI=1S/C12H20N4S/c1-3-7-13-10-8-11(14-9-5-4-6-9)16-12(15-10)17-2/h8-9H,3-7H2,1-2H3,(H2,13,14,15,16). The maximum atomic E-state index is 4.48. The minimum atomic E-state index is 0.610. The molecule has 4 nitrogen and oxygen atoms in total. The Kier molecular flexibility index (Phi) is 4.48. The van der Waals surface area contributed by atoms with Gasteiger partial charge in [-0.2, -0.15) is 0 Å². The number of thioether (sulfide) groups is 1. The smallest absolute Gasteiger partial charge is 0.191 e. The van der Waals surface area contributed by atoms with Crippen molar-refractivity contribution < 1.29 is 0 Å². The van der Waals surface area contributed by atoms with Crippen molar-refractivity contribution in [3.63, 3.8) is 0 Å². The third-order valence-corrected chi connectivity index (χ3v) is 3.45. The van der Waals surface area contributed by atoms with E-state index in [9.17, 15) is 0 Å². The van der Waals surface area contributed by atoms with E-state index >= 15 is 0 Å². The highest BCUT2D eigenvalue weighted by molar-refractivity contribution is 7.98. The molecular formula is C12H20N4S. The first-order valence-electron chi connectivity index (χ1n) is 6.25. The van der Waals surface area contributed by atoms with Crippen molar-refractivity contribution in [1.82, 2.24) is 9.97 Å². The molecule has 0 unspecified atom stereocenters. The van der Waals surface area contributed by atoms with Gasteiger partial charge in [0, 0.05) is 18.7 Å². The number of nitrogens with one attached hydrogen (secondary N) is 2. The van der Waals surface area contributed by atoms with E-state index in [0.717, 1.165) is 29.8 Å². The average Bonchev–Trinajstić information content (AvgIpc) is 2.31. The first-order valence-corrected chi connectivity index (χ1v) is 7.47. The van der Waals surface area contributed by atoms with Crippen LogP contribution in [0.4, 0.5) is 11.6 Å². The monoisotopic (exact) mass is 252 g/mol. The van der Waals surface area contributed by atoms with Crippen molar-refractivity contribution >= 4 is 23.4 Å². The Morgan fingerprint density at radius 2 is 2.12 bits per heavy atom. The van der Waals surface area contributed by atoms with Crippen molar-refractivity contribution in [2.24, 2.45) is 0 Å². The minimum absolute atomic E-state index is 0.610. The van der Waals surface area contributed by atoms with Crippen LogP contribution in [0, 0.1) is 0 Å². The highest BCUT2D eigenvalue weighted by Gasteiger charge is 2.17. The van der Waals surface area contributed by atoms with Gasteiger partial charge < -0.3 is 10.6 Å². The Bertz CT molecular complexity index is 366. The van der Waals surface area contributed by atoms with Crippen molar-refractivity contribution in [3.8, 4) is 0 Å². The van der Waals surface area contributed by atoms with Crippen LogP contribution in [0.25, 0.3) is 0 Å². The second kappa shape index (κ2) is 6.10. The summed E-state index contributed by atoms with van der Waals surface area (Å²) in [5.74, 6) is 1.88. The quantitative estimate of drug-likeness (QED) is 0.602. The van der Waals surface area contributed by atoms with Crippen LogP contribution in [0.3, 0.4) is 0 Å². The van der Waals surface area contributed by atoms with E-state index < -0.39 is 0 Å². The first kappa shape index (κ1) is 12.5. The molecule has 17 heavy (non-hydrogen) atoms. The van der Waals surface area contributed by atoms with Crippen LogP contribution >= 0.6 is 11.8 Å². The van der Waals surface area contributed by atoms with Crippen molar-refractivity contribution in [3.05, 3.63) is 6.07 Å². The molecule has 0 aliphatic heterocycles. The molecule has 94 valence electrons. The predicted octanol–water partition coefficient (Wildman–Crippen LogP) is 2.98. The van der Waals surface area contributed by atoms with E-state index in [-0.39, 0.29) is 0 Å². The predicted molar refractivity (Wildman–Crippen MR) is 73.9 cm³/mol. The normalized spacial score (nSPS) is 15.4. The molecule has 0 radical (unpaired) electrons. The summed E-state index contributed by atoms with van der Waals surface area (Å²) in [5, 5.41) is 7.61. The summed E-state index contributed by atoms with van der Waals surface area (Å²) < 4.78 is 0. The molecule has 5 heteroatoms. The molecule has 1 aromatic heterocycles. The van der Waals surface area contributed by atoms with Crippen molar-refractivity contribution in [1.29, 1.82) is 0 Å².